The quantitative estimate of drug-likeness (QED) is 0.788. The molecule has 0 aliphatic carbocycles. The van der Waals surface area contributed by atoms with Crippen LogP contribution >= 0.6 is 0 Å². The Morgan fingerprint density at radius 3 is 2.58 bits per heavy atom. The molecular weight excluding hydrogens is 328 g/mol. The Bertz CT molecular complexity index is 680. The third-order valence-corrected chi connectivity index (χ3v) is 6.52. The van der Waals surface area contributed by atoms with Gasteiger partial charge in [0.25, 0.3) is 0 Å². The number of benzene rings is 1. The van der Waals surface area contributed by atoms with Crippen LogP contribution in [0.1, 0.15) is 35.7 Å². The summed E-state index contributed by atoms with van der Waals surface area (Å²) in [5, 5.41) is 3.32. The van der Waals surface area contributed by atoms with Crippen LogP contribution in [0.15, 0.2) is 23.1 Å². The molecule has 1 aliphatic rings. The molecule has 0 bridgehead atoms. The van der Waals surface area contributed by atoms with Crippen molar-refractivity contribution in [3.8, 4) is 0 Å². The highest BCUT2D eigenvalue weighted by atomic mass is 32.2. The van der Waals surface area contributed by atoms with E-state index in [2.05, 4.69) is 17.0 Å². The third kappa shape index (κ3) is 4.15. The van der Waals surface area contributed by atoms with Crippen LogP contribution in [0.5, 0.6) is 0 Å². The second-order valence-electron chi connectivity index (χ2n) is 6.13. The molecule has 1 fully saturated rings. The summed E-state index contributed by atoms with van der Waals surface area (Å²) in [7, 11) is -2.31. The SMILES string of the molecule is CCNCC1CCN(S(=O)(=O)c2cc(C(=O)OC)ccc2C)CC1. The first-order valence-corrected chi connectivity index (χ1v) is 9.74. The van der Waals surface area contributed by atoms with E-state index in [1.807, 2.05) is 0 Å². The molecule has 1 aliphatic heterocycles. The second kappa shape index (κ2) is 8.09. The molecule has 0 atom stereocenters. The molecule has 2 rings (SSSR count). The maximum atomic E-state index is 13.0. The van der Waals surface area contributed by atoms with Gasteiger partial charge in [-0.3, -0.25) is 0 Å². The number of hydrogen-bond donors (Lipinski definition) is 1. The van der Waals surface area contributed by atoms with Gasteiger partial charge in [-0.25, -0.2) is 13.2 Å². The van der Waals surface area contributed by atoms with E-state index in [-0.39, 0.29) is 10.5 Å². The minimum Gasteiger partial charge on any atom is -0.465 e. The molecule has 134 valence electrons. The smallest absolute Gasteiger partial charge is 0.337 e. The first-order valence-electron chi connectivity index (χ1n) is 8.30. The van der Waals surface area contributed by atoms with Gasteiger partial charge in [0.1, 0.15) is 0 Å². The molecule has 1 saturated heterocycles. The largest absolute Gasteiger partial charge is 0.465 e. The number of sulfonamides is 1. The van der Waals surface area contributed by atoms with E-state index in [9.17, 15) is 13.2 Å². The van der Waals surface area contributed by atoms with Crippen LogP contribution in [0.25, 0.3) is 0 Å². The summed E-state index contributed by atoms with van der Waals surface area (Å²) in [5.74, 6) is -0.0188. The molecule has 1 heterocycles. The molecule has 1 N–H and O–H groups in total. The maximum absolute atomic E-state index is 13.0. The number of nitrogens with zero attached hydrogens (tertiary/aromatic N) is 1. The minimum atomic E-state index is -3.60. The normalized spacial score (nSPS) is 17.0. The van der Waals surface area contributed by atoms with Crippen molar-refractivity contribution in [1.29, 1.82) is 0 Å². The summed E-state index contributed by atoms with van der Waals surface area (Å²) in [6.07, 6.45) is 1.70. The molecule has 6 nitrogen and oxygen atoms in total. The van der Waals surface area contributed by atoms with Crippen molar-refractivity contribution in [3.05, 3.63) is 29.3 Å². The predicted octanol–water partition coefficient (Wildman–Crippen LogP) is 1.79. The molecule has 1 aromatic carbocycles. The lowest BCUT2D eigenvalue weighted by Gasteiger charge is -2.31. The summed E-state index contributed by atoms with van der Waals surface area (Å²) in [6.45, 7) is 6.70. The molecule has 0 amide bonds. The first kappa shape index (κ1) is 18.9. The monoisotopic (exact) mass is 354 g/mol. The zero-order chi connectivity index (χ0) is 17.7. The van der Waals surface area contributed by atoms with E-state index in [0.717, 1.165) is 25.9 Å². The van der Waals surface area contributed by atoms with E-state index < -0.39 is 16.0 Å². The number of carbonyl (C=O) groups excluding carboxylic acids is 1. The molecule has 0 saturated carbocycles. The fourth-order valence-corrected chi connectivity index (χ4v) is 4.68. The van der Waals surface area contributed by atoms with Gasteiger partial charge in [0.15, 0.2) is 0 Å². The number of ether oxygens (including phenoxy) is 1. The number of piperidine rings is 1. The number of esters is 1. The lowest BCUT2D eigenvalue weighted by molar-refractivity contribution is 0.0600. The van der Waals surface area contributed by atoms with Crippen molar-refractivity contribution >= 4 is 16.0 Å². The van der Waals surface area contributed by atoms with Gasteiger partial charge in [0.05, 0.1) is 17.6 Å². The average Bonchev–Trinajstić information content (AvgIpc) is 2.59. The van der Waals surface area contributed by atoms with Gasteiger partial charge in [-0.05, 0) is 56.5 Å². The standard InChI is InChI=1S/C17H26N2O4S/c1-4-18-12-14-7-9-19(10-8-14)24(21,22)16-11-15(17(20)23-3)6-5-13(16)2/h5-6,11,14,18H,4,7-10,12H2,1-3H3. The molecule has 0 aromatic heterocycles. The predicted molar refractivity (Wildman–Crippen MR) is 92.5 cm³/mol. The average molecular weight is 354 g/mol. The molecule has 1 aromatic rings. The highest BCUT2D eigenvalue weighted by molar-refractivity contribution is 7.89. The highest BCUT2D eigenvalue weighted by Gasteiger charge is 2.30. The molecule has 7 heteroatoms. The van der Waals surface area contributed by atoms with Crippen molar-refractivity contribution < 1.29 is 17.9 Å². The number of aryl methyl sites for hydroxylation is 1. The Morgan fingerprint density at radius 2 is 2.00 bits per heavy atom. The Morgan fingerprint density at radius 1 is 1.33 bits per heavy atom. The van der Waals surface area contributed by atoms with Crippen LogP contribution in [-0.4, -0.2) is 52.0 Å². The van der Waals surface area contributed by atoms with Gasteiger partial charge in [-0.2, -0.15) is 4.31 Å². The minimum absolute atomic E-state index is 0.190. The lowest BCUT2D eigenvalue weighted by Crippen LogP contribution is -2.41. The molecular formula is C17H26N2O4S. The Labute approximate surface area is 144 Å². The summed E-state index contributed by atoms with van der Waals surface area (Å²) in [4.78, 5) is 11.9. The van der Waals surface area contributed by atoms with Crippen LogP contribution in [0.2, 0.25) is 0 Å². The summed E-state index contributed by atoms with van der Waals surface area (Å²) in [5.41, 5.74) is 0.890. The van der Waals surface area contributed by atoms with Crippen LogP contribution in [-0.2, 0) is 14.8 Å². The number of nitrogens with one attached hydrogen (secondary N) is 1. The van der Waals surface area contributed by atoms with E-state index >= 15 is 0 Å². The fourth-order valence-electron chi connectivity index (χ4n) is 2.96. The number of methoxy groups -OCH3 is 1. The topological polar surface area (TPSA) is 75.7 Å². The lowest BCUT2D eigenvalue weighted by atomic mass is 9.98. The zero-order valence-corrected chi connectivity index (χ0v) is 15.4. The van der Waals surface area contributed by atoms with Gasteiger partial charge in [-0.15, -0.1) is 0 Å². The van der Waals surface area contributed by atoms with Crippen molar-refractivity contribution in [2.45, 2.75) is 31.6 Å². The van der Waals surface area contributed by atoms with Crippen LogP contribution in [0.3, 0.4) is 0 Å². The first-order chi connectivity index (χ1) is 11.4. The van der Waals surface area contributed by atoms with E-state index in [4.69, 9.17) is 0 Å². The van der Waals surface area contributed by atoms with Crippen molar-refractivity contribution in [1.82, 2.24) is 9.62 Å². The van der Waals surface area contributed by atoms with Crippen molar-refractivity contribution in [2.24, 2.45) is 5.92 Å². The van der Waals surface area contributed by atoms with Crippen LogP contribution < -0.4 is 5.32 Å². The highest BCUT2D eigenvalue weighted by Crippen LogP contribution is 2.26. The zero-order valence-electron chi connectivity index (χ0n) is 14.5. The Hall–Kier alpha value is -1.44. The summed E-state index contributed by atoms with van der Waals surface area (Å²) >= 11 is 0. The van der Waals surface area contributed by atoms with Gasteiger partial charge >= 0.3 is 5.97 Å². The van der Waals surface area contributed by atoms with Crippen molar-refractivity contribution in [3.63, 3.8) is 0 Å². The van der Waals surface area contributed by atoms with Crippen molar-refractivity contribution in [2.75, 3.05) is 33.3 Å². The number of rotatable bonds is 6. The fraction of sp³-hybridized carbons (Fsp3) is 0.588. The molecule has 24 heavy (non-hydrogen) atoms. The Balaban J connectivity index is 2.18. The van der Waals surface area contributed by atoms with Gasteiger partial charge in [0.2, 0.25) is 10.0 Å². The molecule has 0 radical (unpaired) electrons. The summed E-state index contributed by atoms with van der Waals surface area (Å²) in [6, 6.07) is 4.65. The van der Waals surface area contributed by atoms with E-state index in [1.54, 1.807) is 19.1 Å². The van der Waals surface area contributed by atoms with E-state index in [1.165, 1.54) is 17.5 Å². The Kier molecular flexibility index (Phi) is 6.37. The second-order valence-corrected chi connectivity index (χ2v) is 8.03. The van der Waals surface area contributed by atoms with Gasteiger partial charge < -0.3 is 10.1 Å². The van der Waals surface area contributed by atoms with Gasteiger partial charge in [-0.1, -0.05) is 13.0 Å². The van der Waals surface area contributed by atoms with Gasteiger partial charge in [0, 0.05) is 13.1 Å². The van der Waals surface area contributed by atoms with Crippen LogP contribution in [0, 0.1) is 12.8 Å². The number of carbonyl (C=O) groups is 1. The maximum Gasteiger partial charge on any atom is 0.337 e. The molecule has 0 unspecified atom stereocenters. The summed E-state index contributed by atoms with van der Waals surface area (Å²) < 4.78 is 32.1. The molecule has 0 spiro atoms. The van der Waals surface area contributed by atoms with E-state index in [0.29, 0.717) is 24.6 Å². The van der Waals surface area contributed by atoms with Crippen LogP contribution in [0.4, 0.5) is 0 Å². The number of hydrogen-bond acceptors (Lipinski definition) is 5. The third-order valence-electron chi connectivity index (χ3n) is 4.48.